The number of hydrogen-bond acceptors (Lipinski definition) is 4. The van der Waals surface area contributed by atoms with E-state index >= 15 is 0 Å². The maximum Gasteiger partial charge on any atom is 0.259 e. The van der Waals surface area contributed by atoms with Crippen molar-refractivity contribution >= 4 is 5.91 Å². The van der Waals surface area contributed by atoms with Gasteiger partial charge in [-0.25, -0.2) is 4.98 Å². The molecule has 24 heavy (non-hydrogen) atoms. The molecule has 0 atom stereocenters. The van der Waals surface area contributed by atoms with Crippen molar-refractivity contribution < 1.29 is 14.3 Å². The van der Waals surface area contributed by atoms with Crippen LogP contribution >= 0.6 is 0 Å². The van der Waals surface area contributed by atoms with Crippen molar-refractivity contribution in [3.8, 4) is 5.88 Å². The van der Waals surface area contributed by atoms with Gasteiger partial charge in [0.25, 0.3) is 5.91 Å². The number of aryl methyl sites for hydroxylation is 1. The lowest BCUT2D eigenvalue weighted by Crippen LogP contribution is -2.54. The molecule has 1 aliphatic heterocycles. The smallest absolute Gasteiger partial charge is 0.259 e. The Labute approximate surface area is 142 Å². The Bertz CT molecular complexity index is 711. The molecule has 1 saturated heterocycles. The van der Waals surface area contributed by atoms with Crippen LogP contribution in [0.25, 0.3) is 0 Å². The number of pyridine rings is 1. The van der Waals surface area contributed by atoms with Gasteiger partial charge in [0, 0.05) is 19.3 Å². The van der Waals surface area contributed by atoms with Crippen molar-refractivity contribution in [2.45, 2.75) is 26.6 Å². The van der Waals surface area contributed by atoms with Crippen LogP contribution in [0.15, 0.2) is 42.6 Å². The normalized spacial score (nSPS) is 14.3. The minimum atomic E-state index is -0.0534. The number of amides is 1. The molecule has 2 heterocycles. The van der Waals surface area contributed by atoms with Crippen molar-refractivity contribution in [1.29, 1.82) is 0 Å². The molecular formula is C19H22N2O3. The summed E-state index contributed by atoms with van der Waals surface area (Å²) in [5.41, 5.74) is 2.92. The van der Waals surface area contributed by atoms with Crippen LogP contribution in [0.3, 0.4) is 0 Å². The Morgan fingerprint density at radius 2 is 2.04 bits per heavy atom. The molecule has 0 bridgehead atoms. The van der Waals surface area contributed by atoms with Crippen LogP contribution in [0.1, 0.15) is 28.4 Å². The van der Waals surface area contributed by atoms with Gasteiger partial charge in [0.05, 0.1) is 19.3 Å². The van der Waals surface area contributed by atoms with Gasteiger partial charge in [0.1, 0.15) is 5.56 Å². The molecule has 0 spiro atoms. The molecule has 1 aliphatic rings. The van der Waals surface area contributed by atoms with Gasteiger partial charge in [0.15, 0.2) is 0 Å². The van der Waals surface area contributed by atoms with Crippen LogP contribution < -0.4 is 4.74 Å². The third-order valence-corrected chi connectivity index (χ3v) is 4.15. The predicted molar refractivity (Wildman–Crippen MR) is 91.1 cm³/mol. The number of carbonyl (C=O) groups is 1. The van der Waals surface area contributed by atoms with Gasteiger partial charge in [-0.15, -0.1) is 0 Å². The Kier molecular flexibility index (Phi) is 5.11. The minimum absolute atomic E-state index is 0.0534. The first-order valence-corrected chi connectivity index (χ1v) is 8.22. The fourth-order valence-electron chi connectivity index (χ4n) is 2.66. The Balaban J connectivity index is 1.53. The van der Waals surface area contributed by atoms with Crippen molar-refractivity contribution in [3.63, 3.8) is 0 Å². The van der Waals surface area contributed by atoms with E-state index in [0.717, 1.165) is 0 Å². The highest BCUT2D eigenvalue weighted by atomic mass is 16.5. The fraction of sp³-hybridized carbons (Fsp3) is 0.368. The summed E-state index contributed by atoms with van der Waals surface area (Å²) >= 11 is 0. The number of likely N-dealkylation sites (tertiary alicyclic amines) is 1. The van der Waals surface area contributed by atoms with Crippen molar-refractivity contribution in [2.24, 2.45) is 0 Å². The lowest BCUT2D eigenvalue weighted by Gasteiger charge is -2.39. The summed E-state index contributed by atoms with van der Waals surface area (Å²) in [6.07, 6.45) is 1.71. The average Bonchev–Trinajstić information content (AvgIpc) is 2.55. The standard InChI is InChI=1S/C19H22N2O3/c1-3-23-18-17(9-6-10-20-18)19(22)21-11-16(12-21)24-13-15-8-5-4-7-14(15)2/h4-10,16H,3,11-13H2,1-2H3. The van der Waals surface area contributed by atoms with Crippen LogP contribution in [0.5, 0.6) is 5.88 Å². The van der Waals surface area contributed by atoms with Gasteiger partial charge in [-0.3, -0.25) is 4.79 Å². The Morgan fingerprint density at radius 3 is 2.79 bits per heavy atom. The number of carbonyl (C=O) groups excluding carboxylic acids is 1. The summed E-state index contributed by atoms with van der Waals surface area (Å²) in [5, 5.41) is 0. The van der Waals surface area contributed by atoms with Crippen LogP contribution in [0.4, 0.5) is 0 Å². The van der Waals surface area contributed by atoms with E-state index in [4.69, 9.17) is 9.47 Å². The quantitative estimate of drug-likeness (QED) is 0.819. The molecule has 1 aromatic heterocycles. The molecular weight excluding hydrogens is 304 g/mol. The largest absolute Gasteiger partial charge is 0.477 e. The zero-order chi connectivity index (χ0) is 16.9. The SMILES string of the molecule is CCOc1ncccc1C(=O)N1CC(OCc2ccccc2C)C1. The monoisotopic (exact) mass is 326 g/mol. The predicted octanol–water partition coefficient (Wildman–Crippen LogP) is 2.83. The molecule has 0 unspecified atom stereocenters. The summed E-state index contributed by atoms with van der Waals surface area (Å²) in [6, 6.07) is 11.7. The topological polar surface area (TPSA) is 51.7 Å². The Morgan fingerprint density at radius 1 is 1.25 bits per heavy atom. The lowest BCUT2D eigenvalue weighted by molar-refractivity contribution is -0.0505. The molecule has 0 radical (unpaired) electrons. The van der Waals surface area contributed by atoms with Crippen LogP contribution in [-0.2, 0) is 11.3 Å². The van der Waals surface area contributed by atoms with Gasteiger partial charge >= 0.3 is 0 Å². The molecule has 3 rings (SSSR count). The molecule has 2 aromatic rings. The third-order valence-electron chi connectivity index (χ3n) is 4.15. The molecule has 0 saturated carbocycles. The maximum absolute atomic E-state index is 12.5. The molecule has 1 amide bonds. The number of rotatable bonds is 6. The first-order chi connectivity index (χ1) is 11.7. The van der Waals surface area contributed by atoms with E-state index in [1.54, 1.807) is 23.2 Å². The number of benzene rings is 1. The molecule has 5 nitrogen and oxygen atoms in total. The zero-order valence-electron chi connectivity index (χ0n) is 14.1. The molecule has 0 aliphatic carbocycles. The van der Waals surface area contributed by atoms with Gasteiger partial charge in [-0.1, -0.05) is 24.3 Å². The first kappa shape index (κ1) is 16.5. The number of aromatic nitrogens is 1. The van der Waals surface area contributed by atoms with E-state index in [2.05, 4.69) is 24.0 Å². The highest BCUT2D eigenvalue weighted by Gasteiger charge is 2.33. The van der Waals surface area contributed by atoms with E-state index in [-0.39, 0.29) is 12.0 Å². The van der Waals surface area contributed by atoms with Gasteiger partial charge in [-0.05, 0) is 37.1 Å². The van der Waals surface area contributed by atoms with E-state index in [9.17, 15) is 4.79 Å². The van der Waals surface area contributed by atoms with E-state index in [1.165, 1.54) is 11.1 Å². The second-order valence-corrected chi connectivity index (χ2v) is 5.86. The summed E-state index contributed by atoms with van der Waals surface area (Å²) in [7, 11) is 0. The fourth-order valence-corrected chi connectivity index (χ4v) is 2.66. The Hall–Kier alpha value is -2.40. The summed E-state index contributed by atoms with van der Waals surface area (Å²) in [5.74, 6) is 0.344. The summed E-state index contributed by atoms with van der Waals surface area (Å²) in [6.45, 7) is 6.22. The number of nitrogens with zero attached hydrogens (tertiary/aromatic N) is 2. The zero-order valence-corrected chi connectivity index (χ0v) is 14.1. The second-order valence-electron chi connectivity index (χ2n) is 5.86. The highest BCUT2D eigenvalue weighted by molar-refractivity contribution is 5.96. The molecule has 1 fully saturated rings. The minimum Gasteiger partial charge on any atom is -0.477 e. The first-order valence-electron chi connectivity index (χ1n) is 8.22. The third kappa shape index (κ3) is 3.57. The van der Waals surface area contributed by atoms with E-state index < -0.39 is 0 Å². The number of hydrogen-bond donors (Lipinski definition) is 0. The molecule has 1 aromatic carbocycles. The van der Waals surface area contributed by atoms with Crippen LogP contribution in [-0.4, -0.2) is 41.6 Å². The maximum atomic E-state index is 12.5. The molecule has 0 N–H and O–H groups in total. The highest BCUT2D eigenvalue weighted by Crippen LogP contribution is 2.22. The van der Waals surface area contributed by atoms with E-state index in [1.807, 2.05) is 19.1 Å². The van der Waals surface area contributed by atoms with Gasteiger partial charge in [0.2, 0.25) is 5.88 Å². The van der Waals surface area contributed by atoms with Gasteiger partial charge in [-0.2, -0.15) is 0 Å². The molecule has 5 heteroatoms. The summed E-state index contributed by atoms with van der Waals surface area (Å²) in [4.78, 5) is 18.4. The van der Waals surface area contributed by atoms with E-state index in [0.29, 0.717) is 37.7 Å². The second kappa shape index (κ2) is 7.45. The van der Waals surface area contributed by atoms with Crippen LogP contribution in [0, 0.1) is 6.92 Å². The lowest BCUT2D eigenvalue weighted by atomic mass is 10.1. The van der Waals surface area contributed by atoms with Crippen molar-refractivity contribution in [1.82, 2.24) is 9.88 Å². The van der Waals surface area contributed by atoms with Crippen LogP contribution in [0.2, 0.25) is 0 Å². The average molecular weight is 326 g/mol. The summed E-state index contributed by atoms with van der Waals surface area (Å²) < 4.78 is 11.3. The van der Waals surface area contributed by atoms with Crippen molar-refractivity contribution in [2.75, 3.05) is 19.7 Å². The van der Waals surface area contributed by atoms with Crippen molar-refractivity contribution in [3.05, 3.63) is 59.3 Å². The van der Waals surface area contributed by atoms with Gasteiger partial charge < -0.3 is 14.4 Å². The molecule has 126 valence electrons. The number of ether oxygens (including phenoxy) is 2.